The summed E-state index contributed by atoms with van der Waals surface area (Å²) in [5.74, 6) is 0.625. The van der Waals surface area contributed by atoms with Gasteiger partial charge < -0.3 is 9.55 Å². The number of nitrogens with one attached hydrogen (secondary N) is 1. The summed E-state index contributed by atoms with van der Waals surface area (Å²) in [6, 6.07) is 4.57. The van der Waals surface area contributed by atoms with Crippen LogP contribution in [0, 0.1) is 25.2 Å². The van der Waals surface area contributed by atoms with Crippen LogP contribution < -0.4 is 5.56 Å². The SMILES string of the molecule is Cc1cc(-c2nc3sc4c(c3c(=O)[nH]2)CCCC4)c(C)n1-c1sc2c(c1C#N)CCCC2. The van der Waals surface area contributed by atoms with Crippen LogP contribution in [-0.4, -0.2) is 14.5 Å². The summed E-state index contributed by atoms with van der Waals surface area (Å²) in [6.45, 7) is 4.13. The van der Waals surface area contributed by atoms with Gasteiger partial charge in [0.2, 0.25) is 0 Å². The van der Waals surface area contributed by atoms with Crippen molar-refractivity contribution in [1.82, 2.24) is 14.5 Å². The molecule has 2 aliphatic carbocycles. The first kappa shape index (κ1) is 20.0. The maximum Gasteiger partial charge on any atom is 0.260 e. The number of nitriles is 1. The second-order valence-corrected chi connectivity index (χ2v) is 11.1. The average Bonchev–Trinajstić information content (AvgIpc) is 3.43. The molecule has 0 saturated heterocycles. The van der Waals surface area contributed by atoms with E-state index in [-0.39, 0.29) is 5.56 Å². The van der Waals surface area contributed by atoms with Gasteiger partial charge in [-0.1, -0.05) is 0 Å². The van der Waals surface area contributed by atoms with Crippen LogP contribution >= 0.6 is 22.7 Å². The number of fused-ring (bicyclic) bond motifs is 4. The number of nitrogens with zero attached hydrogens (tertiary/aromatic N) is 3. The third kappa shape index (κ3) is 2.86. The summed E-state index contributed by atoms with van der Waals surface area (Å²) >= 11 is 3.43. The summed E-state index contributed by atoms with van der Waals surface area (Å²) in [4.78, 5) is 24.6. The van der Waals surface area contributed by atoms with Crippen molar-refractivity contribution < 1.29 is 0 Å². The third-order valence-corrected chi connectivity index (χ3v) is 9.44. The fourth-order valence-corrected chi connectivity index (χ4v) is 8.14. The van der Waals surface area contributed by atoms with Crippen LogP contribution in [0.25, 0.3) is 26.6 Å². The van der Waals surface area contributed by atoms with E-state index < -0.39 is 0 Å². The van der Waals surface area contributed by atoms with Crippen LogP contribution in [0.5, 0.6) is 0 Å². The van der Waals surface area contributed by atoms with Gasteiger partial charge in [0.15, 0.2) is 0 Å². The summed E-state index contributed by atoms with van der Waals surface area (Å²) in [5.41, 5.74) is 6.25. The number of aromatic nitrogens is 3. The molecule has 0 bridgehead atoms. The lowest BCUT2D eigenvalue weighted by atomic mass is 9.96. The maximum atomic E-state index is 13.1. The van der Waals surface area contributed by atoms with Crippen molar-refractivity contribution in [3.05, 3.63) is 54.3 Å². The molecule has 4 aromatic rings. The van der Waals surface area contributed by atoms with Crippen LogP contribution in [0.1, 0.15) is 63.5 Å². The average molecular weight is 461 g/mol. The minimum atomic E-state index is -0.0292. The Hall–Kier alpha value is -2.69. The van der Waals surface area contributed by atoms with Gasteiger partial charge in [-0.25, -0.2) is 4.98 Å². The summed E-state index contributed by atoms with van der Waals surface area (Å²) in [5, 5.41) is 11.8. The van der Waals surface area contributed by atoms with E-state index in [1.165, 1.54) is 33.7 Å². The van der Waals surface area contributed by atoms with Gasteiger partial charge in [0, 0.05) is 26.7 Å². The summed E-state index contributed by atoms with van der Waals surface area (Å²) < 4.78 is 2.18. The van der Waals surface area contributed by atoms with E-state index in [2.05, 4.69) is 35.5 Å². The number of H-pyrrole nitrogens is 1. The molecule has 0 radical (unpaired) electrons. The predicted octanol–water partition coefficient (Wildman–Crippen LogP) is 5.75. The van der Waals surface area contributed by atoms with Gasteiger partial charge in [-0.15, -0.1) is 22.7 Å². The standard InChI is InChI=1S/C25H24N4OS2/c1-13-11-17(14(2)29(13)25-18(12-26)15-7-3-5-9-19(15)32-25)22-27-23(30)21-16-8-4-6-10-20(16)31-24(21)28-22/h11H,3-10H2,1-2H3,(H,27,28,30). The molecule has 4 heterocycles. The van der Waals surface area contributed by atoms with Crippen molar-refractivity contribution in [2.45, 2.75) is 65.2 Å². The van der Waals surface area contributed by atoms with Gasteiger partial charge in [-0.05, 0) is 82.4 Å². The molecule has 4 aromatic heterocycles. The van der Waals surface area contributed by atoms with Crippen LogP contribution in [0.3, 0.4) is 0 Å². The second kappa shape index (κ2) is 7.43. The van der Waals surface area contributed by atoms with E-state index in [1.54, 1.807) is 22.7 Å². The van der Waals surface area contributed by atoms with E-state index in [4.69, 9.17) is 4.98 Å². The molecule has 1 N–H and O–H groups in total. The first-order valence-corrected chi connectivity index (χ1v) is 13.0. The molecule has 162 valence electrons. The minimum absolute atomic E-state index is 0.0292. The smallest absolute Gasteiger partial charge is 0.260 e. The lowest BCUT2D eigenvalue weighted by Crippen LogP contribution is -2.11. The van der Waals surface area contributed by atoms with E-state index in [9.17, 15) is 10.1 Å². The molecular formula is C25H24N4OS2. The number of hydrogen-bond acceptors (Lipinski definition) is 5. The quantitative estimate of drug-likeness (QED) is 0.414. The Balaban J connectivity index is 1.52. The number of rotatable bonds is 2. The Labute approximate surface area is 194 Å². The van der Waals surface area contributed by atoms with Gasteiger partial charge in [0.1, 0.15) is 21.7 Å². The molecule has 0 unspecified atom stereocenters. The number of aryl methyl sites for hydroxylation is 4. The molecule has 6 rings (SSSR count). The van der Waals surface area contributed by atoms with Crippen molar-refractivity contribution in [2.75, 3.05) is 0 Å². The first-order valence-electron chi connectivity index (χ1n) is 11.4. The Morgan fingerprint density at radius 1 is 1.03 bits per heavy atom. The zero-order valence-corrected chi connectivity index (χ0v) is 19.9. The predicted molar refractivity (Wildman–Crippen MR) is 130 cm³/mol. The Morgan fingerprint density at radius 2 is 1.72 bits per heavy atom. The molecule has 32 heavy (non-hydrogen) atoms. The normalized spacial score (nSPS) is 15.5. The van der Waals surface area contributed by atoms with Gasteiger partial charge in [0.05, 0.1) is 10.9 Å². The highest BCUT2D eigenvalue weighted by Crippen LogP contribution is 2.40. The van der Waals surface area contributed by atoms with Gasteiger partial charge >= 0.3 is 0 Å². The molecule has 0 atom stereocenters. The van der Waals surface area contributed by atoms with Gasteiger partial charge in [-0.3, -0.25) is 4.79 Å². The zero-order valence-electron chi connectivity index (χ0n) is 18.3. The Morgan fingerprint density at radius 3 is 2.47 bits per heavy atom. The summed E-state index contributed by atoms with van der Waals surface area (Å²) in [6.07, 6.45) is 8.79. The molecule has 7 heteroatoms. The molecular weight excluding hydrogens is 436 g/mol. The van der Waals surface area contributed by atoms with Gasteiger partial charge in [0.25, 0.3) is 5.56 Å². The number of aromatic amines is 1. The number of hydrogen-bond donors (Lipinski definition) is 1. The lowest BCUT2D eigenvalue weighted by molar-refractivity contribution is 0.695. The molecule has 0 amide bonds. The van der Waals surface area contributed by atoms with E-state index in [0.717, 1.165) is 76.3 Å². The Kier molecular flexibility index (Phi) is 4.63. The van der Waals surface area contributed by atoms with E-state index in [0.29, 0.717) is 5.82 Å². The van der Waals surface area contributed by atoms with E-state index in [1.807, 2.05) is 0 Å². The first-order chi connectivity index (χ1) is 15.6. The van der Waals surface area contributed by atoms with Crippen LogP contribution in [-0.2, 0) is 25.7 Å². The van der Waals surface area contributed by atoms with Crippen molar-refractivity contribution in [1.29, 1.82) is 5.26 Å². The van der Waals surface area contributed by atoms with Crippen molar-refractivity contribution in [3.63, 3.8) is 0 Å². The molecule has 0 aliphatic heterocycles. The fourth-order valence-electron chi connectivity index (χ4n) is 5.43. The highest BCUT2D eigenvalue weighted by atomic mass is 32.1. The van der Waals surface area contributed by atoms with Crippen LogP contribution in [0.15, 0.2) is 10.9 Å². The molecule has 0 saturated carbocycles. The zero-order chi connectivity index (χ0) is 22.0. The molecule has 5 nitrogen and oxygen atoms in total. The minimum Gasteiger partial charge on any atom is -0.308 e. The lowest BCUT2D eigenvalue weighted by Gasteiger charge is -2.10. The summed E-state index contributed by atoms with van der Waals surface area (Å²) in [7, 11) is 0. The van der Waals surface area contributed by atoms with Crippen molar-refractivity contribution in [3.8, 4) is 22.5 Å². The molecule has 2 aliphatic rings. The fraction of sp³-hybridized carbons (Fsp3) is 0.400. The van der Waals surface area contributed by atoms with Crippen molar-refractivity contribution in [2.24, 2.45) is 0 Å². The van der Waals surface area contributed by atoms with Crippen LogP contribution in [0.2, 0.25) is 0 Å². The highest BCUT2D eigenvalue weighted by molar-refractivity contribution is 7.18. The van der Waals surface area contributed by atoms with Gasteiger partial charge in [-0.2, -0.15) is 5.26 Å². The highest BCUT2D eigenvalue weighted by Gasteiger charge is 2.25. The Bertz CT molecular complexity index is 1490. The molecule has 0 fully saturated rings. The second-order valence-electron chi connectivity index (χ2n) is 8.93. The largest absolute Gasteiger partial charge is 0.308 e. The van der Waals surface area contributed by atoms with Crippen LogP contribution in [0.4, 0.5) is 0 Å². The maximum absolute atomic E-state index is 13.1. The van der Waals surface area contributed by atoms with E-state index >= 15 is 0 Å². The molecule has 0 spiro atoms. The number of thiophene rings is 2. The van der Waals surface area contributed by atoms with Crippen molar-refractivity contribution >= 4 is 32.9 Å². The molecule has 0 aromatic carbocycles. The monoisotopic (exact) mass is 460 g/mol. The third-order valence-electron chi connectivity index (χ3n) is 6.98. The topological polar surface area (TPSA) is 74.5 Å².